The molecular weight excluding hydrogens is 188 g/mol. The third kappa shape index (κ3) is 1.89. The quantitative estimate of drug-likeness (QED) is 0.702. The van der Waals surface area contributed by atoms with E-state index in [4.69, 9.17) is 4.74 Å². The summed E-state index contributed by atoms with van der Waals surface area (Å²) in [6.07, 6.45) is 1.43. The molecule has 0 radical (unpaired) electrons. The van der Waals surface area contributed by atoms with Crippen LogP contribution in [0.1, 0.15) is 48.5 Å². The van der Waals surface area contributed by atoms with Crippen molar-refractivity contribution in [2.75, 3.05) is 6.61 Å². The van der Waals surface area contributed by atoms with E-state index in [2.05, 4.69) is 13.8 Å². The van der Waals surface area contributed by atoms with Crippen LogP contribution in [0, 0.1) is 0 Å². The van der Waals surface area contributed by atoms with Crippen LogP contribution >= 0.6 is 0 Å². The van der Waals surface area contributed by atoms with Crippen LogP contribution in [0.15, 0.2) is 18.2 Å². The molecule has 15 heavy (non-hydrogen) atoms. The Morgan fingerprint density at radius 2 is 2.13 bits per heavy atom. The molecule has 1 aliphatic heterocycles. The number of rotatable bonds is 1. The molecule has 1 aliphatic rings. The second-order valence-corrected chi connectivity index (χ2v) is 4.25. The van der Waals surface area contributed by atoms with E-state index in [-0.39, 0.29) is 5.78 Å². The van der Waals surface area contributed by atoms with Gasteiger partial charge >= 0.3 is 0 Å². The number of Topliss-reactive ketones (excluding diaryl/α,β-unsaturated/α-hetero) is 1. The van der Waals surface area contributed by atoms with Gasteiger partial charge in [0.05, 0.1) is 12.2 Å². The van der Waals surface area contributed by atoms with E-state index < -0.39 is 0 Å². The molecule has 0 saturated heterocycles. The van der Waals surface area contributed by atoms with E-state index in [9.17, 15) is 4.79 Å². The van der Waals surface area contributed by atoms with Crippen LogP contribution in [0.3, 0.4) is 0 Å². The number of ether oxygens (including phenoxy) is 1. The van der Waals surface area contributed by atoms with Crippen LogP contribution in [0.4, 0.5) is 0 Å². The minimum absolute atomic E-state index is 0.213. The maximum atomic E-state index is 11.8. The van der Waals surface area contributed by atoms with Crippen molar-refractivity contribution in [2.24, 2.45) is 0 Å². The molecule has 0 aliphatic carbocycles. The van der Waals surface area contributed by atoms with Crippen LogP contribution in [0.5, 0.6) is 5.75 Å². The number of para-hydroxylation sites is 1. The van der Waals surface area contributed by atoms with E-state index in [1.54, 1.807) is 0 Å². The molecule has 0 saturated carbocycles. The predicted octanol–water partition coefficient (Wildman–Crippen LogP) is 3.17. The first-order chi connectivity index (χ1) is 7.20. The molecule has 0 unspecified atom stereocenters. The van der Waals surface area contributed by atoms with Gasteiger partial charge in [0.25, 0.3) is 0 Å². The minimum atomic E-state index is 0.213. The monoisotopic (exact) mass is 204 g/mol. The summed E-state index contributed by atoms with van der Waals surface area (Å²) < 4.78 is 5.69. The predicted molar refractivity (Wildman–Crippen MR) is 59.6 cm³/mol. The van der Waals surface area contributed by atoms with E-state index in [0.29, 0.717) is 18.9 Å². The Bertz CT molecular complexity index is 380. The zero-order valence-corrected chi connectivity index (χ0v) is 9.25. The Balaban J connectivity index is 2.53. The largest absolute Gasteiger partial charge is 0.493 e. The highest BCUT2D eigenvalue weighted by atomic mass is 16.5. The van der Waals surface area contributed by atoms with E-state index >= 15 is 0 Å². The number of fused-ring (bicyclic) bond motifs is 1. The minimum Gasteiger partial charge on any atom is -0.493 e. The van der Waals surface area contributed by atoms with Gasteiger partial charge in [0.2, 0.25) is 0 Å². The molecule has 0 atom stereocenters. The molecule has 0 N–H and O–H groups in total. The average Bonchev–Trinajstić information content (AvgIpc) is 2.40. The van der Waals surface area contributed by atoms with E-state index in [1.165, 1.54) is 0 Å². The Morgan fingerprint density at radius 3 is 2.87 bits per heavy atom. The van der Waals surface area contributed by atoms with Gasteiger partial charge in [-0.25, -0.2) is 0 Å². The first-order valence-corrected chi connectivity index (χ1v) is 5.49. The van der Waals surface area contributed by atoms with Crippen LogP contribution in [0.2, 0.25) is 0 Å². The number of carbonyl (C=O) groups excluding carboxylic acids is 1. The third-order valence-corrected chi connectivity index (χ3v) is 2.76. The van der Waals surface area contributed by atoms with Crippen molar-refractivity contribution in [1.82, 2.24) is 0 Å². The van der Waals surface area contributed by atoms with Crippen LogP contribution in [0.25, 0.3) is 0 Å². The van der Waals surface area contributed by atoms with Crippen molar-refractivity contribution in [3.05, 3.63) is 29.3 Å². The maximum absolute atomic E-state index is 11.8. The van der Waals surface area contributed by atoms with Crippen LogP contribution < -0.4 is 4.74 Å². The van der Waals surface area contributed by atoms with Gasteiger partial charge < -0.3 is 4.74 Å². The van der Waals surface area contributed by atoms with Gasteiger partial charge in [0, 0.05) is 6.42 Å². The molecule has 1 aromatic carbocycles. The number of benzene rings is 1. The van der Waals surface area contributed by atoms with Crippen molar-refractivity contribution in [3.63, 3.8) is 0 Å². The topological polar surface area (TPSA) is 26.3 Å². The van der Waals surface area contributed by atoms with Gasteiger partial charge in [-0.2, -0.15) is 0 Å². The fraction of sp³-hybridized carbons (Fsp3) is 0.462. The van der Waals surface area contributed by atoms with E-state index in [1.807, 2.05) is 18.2 Å². The fourth-order valence-electron chi connectivity index (χ4n) is 1.93. The molecule has 80 valence electrons. The van der Waals surface area contributed by atoms with Crippen molar-refractivity contribution >= 4 is 5.78 Å². The lowest BCUT2D eigenvalue weighted by molar-refractivity contribution is 0.0983. The fourth-order valence-corrected chi connectivity index (χ4v) is 1.93. The summed E-state index contributed by atoms with van der Waals surface area (Å²) in [4.78, 5) is 11.8. The molecule has 0 aromatic heterocycles. The zero-order valence-electron chi connectivity index (χ0n) is 9.25. The van der Waals surface area contributed by atoms with Crippen molar-refractivity contribution in [3.8, 4) is 5.75 Å². The molecule has 2 rings (SSSR count). The Kier molecular flexibility index (Phi) is 2.76. The molecule has 1 aromatic rings. The normalized spacial score (nSPS) is 15.8. The summed E-state index contributed by atoms with van der Waals surface area (Å²) in [6.45, 7) is 4.89. The molecule has 0 amide bonds. The molecule has 0 bridgehead atoms. The number of carbonyl (C=O) groups is 1. The molecular formula is C13H16O2. The van der Waals surface area contributed by atoms with Gasteiger partial charge in [-0.15, -0.1) is 0 Å². The number of ketones is 1. The third-order valence-electron chi connectivity index (χ3n) is 2.76. The zero-order chi connectivity index (χ0) is 10.8. The highest BCUT2D eigenvalue weighted by molar-refractivity contribution is 5.99. The van der Waals surface area contributed by atoms with Crippen LogP contribution in [-0.2, 0) is 0 Å². The lowest BCUT2D eigenvalue weighted by atomic mass is 9.97. The molecule has 0 spiro atoms. The lowest BCUT2D eigenvalue weighted by Crippen LogP contribution is -2.02. The van der Waals surface area contributed by atoms with E-state index in [0.717, 1.165) is 23.3 Å². The van der Waals surface area contributed by atoms with Crippen molar-refractivity contribution in [2.45, 2.75) is 32.6 Å². The smallest absolute Gasteiger partial charge is 0.166 e. The summed E-state index contributed by atoms with van der Waals surface area (Å²) in [5.41, 5.74) is 1.90. The van der Waals surface area contributed by atoms with Gasteiger partial charge in [0.1, 0.15) is 5.75 Å². The lowest BCUT2D eigenvalue weighted by Gasteiger charge is -2.14. The second-order valence-electron chi connectivity index (χ2n) is 4.25. The summed E-state index contributed by atoms with van der Waals surface area (Å²) in [5.74, 6) is 1.42. The summed E-state index contributed by atoms with van der Waals surface area (Å²) >= 11 is 0. The average molecular weight is 204 g/mol. The first kappa shape index (κ1) is 10.2. The molecule has 1 heterocycles. The standard InChI is InChI=1S/C13H16O2/c1-9(2)10-5-3-6-11-12(14)7-4-8-15-13(10)11/h3,5-6,9H,4,7-8H2,1-2H3. The van der Waals surface area contributed by atoms with Gasteiger partial charge in [-0.1, -0.05) is 26.0 Å². The number of hydrogen-bond donors (Lipinski definition) is 0. The van der Waals surface area contributed by atoms with Crippen LogP contribution in [-0.4, -0.2) is 12.4 Å². The van der Waals surface area contributed by atoms with Gasteiger partial charge in [-0.05, 0) is 24.0 Å². The van der Waals surface area contributed by atoms with Gasteiger partial charge in [-0.3, -0.25) is 4.79 Å². The van der Waals surface area contributed by atoms with Crippen molar-refractivity contribution < 1.29 is 9.53 Å². The second kappa shape index (κ2) is 4.05. The maximum Gasteiger partial charge on any atom is 0.166 e. The Labute approximate surface area is 90.3 Å². The highest BCUT2D eigenvalue weighted by Crippen LogP contribution is 2.32. The first-order valence-electron chi connectivity index (χ1n) is 5.49. The highest BCUT2D eigenvalue weighted by Gasteiger charge is 2.20. The summed E-state index contributed by atoms with van der Waals surface area (Å²) in [7, 11) is 0. The SMILES string of the molecule is CC(C)c1cccc2c1OCCCC2=O. The Morgan fingerprint density at radius 1 is 1.33 bits per heavy atom. The van der Waals surface area contributed by atoms with Gasteiger partial charge in [0.15, 0.2) is 5.78 Å². The molecule has 2 nitrogen and oxygen atoms in total. The molecule has 0 fully saturated rings. The summed E-state index contributed by atoms with van der Waals surface area (Å²) in [5, 5.41) is 0. The van der Waals surface area contributed by atoms with Crippen molar-refractivity contribution in [1.29, 1.82) is 0 Å². The summed E-state index contributed by atoms with van der Waals surface area (Å²) in [6, 6.07) is 5.86. The number of hydrogen-bond acceptors (Lipinski definition) is 2. The Hall–Kier alpha value is -1.31. The molecule has 2 heteroatoms.